The Hall–Kier alpha value is -4.21. The van der Waals surface area contributed by atoms with Crippen molar-refractivity contribution in [1.29, 1.82) is 0 Å². The average molecular weight is 659 g/mol. The van der Waals surface area contributed by atoms with E-state index in [1.165, 1.54) is 4.68 Å². The maximum atomic E-state index is 13.6. The molecule has 0 amide bonds. The van der Waals surface area contributed by atoms with E-state index in [-0.39, 0.29) is 11.4 Å². The lowest BCUT2D eigenvalue weighted by Crippen LogP contribution is -2.20. The summed E-state index contributed by atoms with van der Waals surface area (Å²) >= 11 is 7.10. The highest BCUT2D eigenvalue weighted by atomic mass is 79.9. The van der Waals surface area contributed by atoms with Gasteiger partial charge in [-0.3, -0.25) is 4.79 Å². The molecule has 6 aromatic rings. The monoisotopic (exact) mass is 657 g/mol. The van der Waals surface area contributed by atoms with E-state index in [9.17, 15) is 4.79 Å². The Balaban J connectivity index is 1.41. The fourth-order valence-electron chi connectivity index (χ4n) is 4.29. The lowest BCUT2D eigenvalue weighted by Gasteiger charge is -2.13. The number of fused-ring (bicyclic) bond motifs is 2. The summed E-state index contributed by atoms with van der Waals surface area (Å²) < 4.78 is 20.6. The summed E-state index contributed by atoms with van der Waals surface area (Å²) in [7, 11) is 1.58. The smallest absolute Gasteiger partial charge is 0.282 e. The molecule has 198 valence electrons. The zero-order valence-electron chi connectivity index (χ0n) is 21.2. The van der Waals surface area contributed by atoms with E-state index in [1.807, 2.05) is 66.7 Å². The van der Waals surface area contributed by atoms with Gasteiger partial charge in [0.1, 0.15) is 12.2 Å². The normalized spacial score (nSPS) is 11.5. The van der Waals surface area contributed by atoms with Crippen LogP contribution in [0.5, 0.6) is 11.5 Å². The number of aromatic nitrogens is 2. The highest BCUT2D eigenvalue weighted by molar-refractivity contribution is 9.10. The topological polar surface area (TPSA) is 78.9 Å². The third kappa shape index (κ3) is 5.17. The van der Waals surface area contributed by atoms with E-state index in [0.29, 0.717) is 45.9 Å². The first-order valence-electron chi connectivity index (χ1n) is 12.3. The van der Waals surface area contributed by atoms with Gasteiger partial charge in [-0.05, 0) is 70.0 Å². The van der Waals surface area contributed by atoms with Gasteiger partial charge in [-0.1, -0.05) is 58.4 Å². The van der Waals surface area contributed by atoms with Crippen molar-refractivity contribution >= 4 is 59.9 Å². The van der Waals surface area contributed by atoms with Crippen molar-refractivity contribution in [1.82, 2.24) is 9.66 Å². The molecule has 0 saturated heterocycles. The summed E-state index contributed by atoms with van der Waals surface area (Å²) in [5.74, 6) is 1.83. The van der Waals surface area contributed by atoms with Crippen LogP contribution in [0.15, 0.2) is 114 Å². The molecule has 0 radical (unpaired) electrons. The lowest BCUT2D eigenvalue weighted by atomic mass is 10.2. The molecule has 0 aliphatic rings. The zero-order valence-corrected chi connectivity index (χ0v) is 24.3. The minimum Gasteiger partial charge on any atom is -0.493 e. The van der Waals surface area contributed by atoms with E-state index >= 15 is 0 Å². The SMILES string of the molecule is COc1cc(C=Nn2c(-c3cc4cc(Br)ccc4o3)nc3ccccc3c2=O)c(Br)cc1OCc1ccccc1. The molecule has 6 rings (SSSR count). The van der Waals surface area contributed by atoms with Crippen LogP contribution in [0.4, 0.5) is 0 Å². The van der Waals surface area contributed by atoms with Crippen molar-refractivity contribution in [3.05, 3.63) is 121 Å². The molecule has 0 fully saturated rings. The molecular formula is C31H21Br2N3O4. The number of ether oxygens (including phenoxy) is 2. The summed E-state index contributed by atoms with van der Waals surface area (Å²) in [5.41, 5.74) is 2.64. The predicted octanol–water partition coefficient (Wildman–Crippen LogP) is 7.80. The van der Waals surface area contributed by atoms with Crippen LogP contribution in [0, 0.1) is 0 Å². The molecule has 0 bridgehead atoms. The third-order valence-electron chi connectivity index (χ3n) is 6.28. The van der Waals surface area contributed by atoms with E-state index < -0.39 is 0 Å². The molecule has 0 saturated carbocycles. The number of benzene rings is 4. The van der Waals surface area contributed by atoms with Crippen LogP contribution in [0.2, 0.25) is 0 Å². The van der Waals surface area contributed by atoms with Crippen molar-refractivity contribution in [3.8, 4) is 23.1 Å². The molecule has 0 aliphatic heterocycles. The lowest BCUT2D eigenvalue weighted by molar-refractivity contribution is 0.284. The van der Waals surface area contributed by atoms with Gasteiger partial charge in [0.2, 0.25) is 5.82 Å². The average Bonchev–Trinajstić information content (AvgIpc) is 3.40. The third-order valence-corrected chi connectivity index (χ3v) is 7.46. The van der Waals surface area contributed by atoms with Gasteiger partial charge in [0.15, 0.2) is 17.3 Å². The van der Waals surface area contributed by atoms with Crippen LogP contribution >= 0.6 is 31.9 Å². The van der Waals surface area contributed by atoms with Gasteiger partial charge >= 0.3 is 0 Å². The van der Waals surface area contributed by atoms with E-state index in [4.69, 9.17) is 18.9 Å². The number of halogens is 2. The number of para-hydroxylation sites is 1. The minimum atomic E-state index is -0.315. The van der Waals surface area contributed by atoms with Crippen LogP contribution in [0.25, 0.3) is 33.5 Å². The van der Waals surface area contributed by atoms with Gasteiger partial charge < -0.3 is 13.9 Å². The van der Waals surface area contributed by atoms with Crippen LogP contribution in [0.1, 0.15) is 11.1 Å². The van der Waals surface area contributed by atoms with Crippen LogP contribution in [-0.2, 0) is 6.61 Å². The Morgan fingerprint density at radius 2 is 1.75 bits per heavy atom. The Kier molecular flexibility index (Phi) is 7.23. The van der Waals surface area contributed by atoms with Crippen molar-refractivity contribution < 1.29 is 13.9 Å². The van der Waals surface area contributed by atoms with Gasteiger partial charge in [-0.2, -0.15) is 9.78 Å². The molecule has 0 aliphatic carbocycles. The number of hydrogen-bond acceptors (Lipinski definition) is 6. The standard InChI is InChI=1S/C31H21Br2N3O4/c1-38-27-15-21(24(33)16-28(27)39-18-19-7-3-2-4-8-19)17-34-36-30(35-25-10-6-5-9-23(25)31(36)37)29-14-20-13-22(32)11-12-26(20)40-29/h2-17H,18H2,1H3. The maximum absolute atomic E-state index is 13.6. The fourth-order valence-corrected chi connectivity index (χ4v) is 5.10. The first kappa shape index (κ1) is 26.0. The van der Waals surface area contributed by atoms with E-state index in [0.717, 1.165) is 19.9 Å². The molecule has 2 heterocycles. The van der Waals surface area contributed by atoms with Gasteiger partial charge in [0.25, 0.3) is 5.56 Å². The maximum Gasteiger partial charge on any atom is 0.282 e. The second-order valence-electron chi connectivity index (χ2n) is 8.91. The highest BCUT2D eigenvalue weighted by Crippen LogP contribution is 2.34. The number of nitrogens with zero attached hydrogens (tertiary/aromatic N) is 3. The fraction of sp³-hybridized carbons (Fsp3) is 0.0645. The molecular weight excluding hydrogens is 638 g/mol. The molecule has 0 atom stereocenters. The van der Waals surface area contributed by atoms with Gasteiger partial charge in [-0.15, -0.1) is 0 Å². The summed E-state index contributed by atoms with van der Waals surface area (Å²) in [6, 6.07) is 28.2. The number of rotatable bonds is 7. The Bertz CT molecular complexity index is 1950. The van der Waals surface area contributed by atoms with E-state index in [1.54, 1.807) is 37.6 Å². The summed E-state index contributed by atoms with van der Waals surface area (Å²) in [6.45, 7) is 0.395. The minimum absolute atomic E-state index is 0.290. The number of hydrogen-bond donors (Lipinski definition) is 0. The van der Waals surface area contributed by atoms with Crippen LogP contribution in [0.3, 0.4) is 0 Å². The summed E-state index contributed by atoms with van der Waals surface area (Å²) in [4.78, 5) is 18.3. The quantitative estimate of drug-likeness (QED) is 0.164. The van der Waals surface area contributed by atoms with Gasteiger partial charge in [0, 0.05) is 19.9 Å². The molecule has 9 heteroatoms. The first-order chi connectivity index (χ1) is 19.5. The molecule has 40 heavy (non-hydrogen) atoms. The number of methoxy groups -OCH3 is 1. The second-order valence-corrected chi connectivity index (χ2v) is 10.7. The van der Waals surface area contributed by atoms with Crippen LogP contribution in [-0.4, -0.2) is 23.0 Å². The first-order valence-corrected chi connectivity index (χ1v) is 13.9. The Morgan fingerprint density at radius 3 is 2.58 bits per heavy atom. The van der Waals surface area contributed by atoms with Crippen molar-refractivity contribution in [2.24, 2.45) is 5.10 Å². The van der Waals surface area contributed by atoms with Crippen molar-refractivity contribution in [2.45, 2.75) is 6.61 Å². The highest BCUT2D eigenvalue weighted by Gasteiger charge is 2.17. The largest absolute Gasteiger partial charge is 0.493 e. The molecule has 7 nitrogen and oxygen atoms in total. The summed E-state index contributed by atoms with van der Waals surface area (Å²) in [6.07, 6.45) is 1.58. The van der Waals surface area contributed by atoms with Crippen LogP contribution < -0.4 is 15.0 Å². The van der Waals surface area contributed by atoms with E-state index in [2.05, 4.69) is 37.0 Å². The van der Waals surface area contributed by atoms with Crippen molar-refractivity contribution in [2.75, 3.05) is 7.11 Å². The Labute approximate surface area is 245 Å². The number of furan rings is 1. The van der Waals surface area contributed by atoms with Gasteiger partial charge in [0.05, 0.1) is 24.2 Å². The summed E-state index contributed by atoms with van der Waals surface area (Å²) in [5, 5.41) is 5.89. The Morgan fingerprint density at radius 1 is 0.950 bits per heavy atom. The molecule has 4 aromatic carbocycles. The molecule has 0 spiro atoms. The second kappa shape index (κ2) is 11.1. The van der Waals surface area contributed by atoms with Crippen molar-refractivity contribution in [3.63, 3.8) is 0 Å². The zero-order chi connectivity index (χ0) is 27.6. The predicted molar refractivity (Wildman–Crippen MR) is 163 cm³/mol. The van der Waals surface area contributed by atoms with Gasteiger partial charge in [-0.25, -0.2) is 4.98 Å². The molecule has 0 unspecified atom stereocenters. The molecule has 0 N–H and O–H groups in total. The molecule has 2 aromatic heterocycles.